The fourth-order valence-electron chi connectivity index (χ4n) is 2.01. The van der Waals surface area contributed by atoms with E-state index in [0.29, 0.717) is 16.9 Å². The summed E-state index contributed by atoms with van der Waals surface area (Å²) in [5.41, 5.74) is 1.65. The van der Waals surface area contributed by atoms with Gasteiger partial charge in [-0.1, -0.05) is 24.3 Å². The van der Waals surface area contributed by atoms with Gasteiger partial charge in [0.15, 0.2) is 0 Å². The van der Waals surface area contributed by atoms with Crippen molar-refractivity contribution in [1.29, 1.82) is 0 Å². The molecule has 0 heterocycles. The number of hydrogen-bond donors (Lipinski definition) is 2. The Balaban J connectivity index is 1.95. The Hall–Kier alpha value is -3.15. The van der Waals surface area contributed by atoms with Crippen LogP contribution in [-0.4, -0.2) is 24.9 Å². The first-order chi connectivity index (χ1) is 11.6. The molecule has 0 aliphatic heterocycles. The number of nitrogens with one attached hydrogen (secondary N) is 2. The second-order valence-corrected chi connectivity index (χ2v) is 5.03. The highest BCUT2D eigenvalue weighted by molar-refractivity contribution is 6.04. The molecule has 0 fully saturated rings. The normalized spacial score (nSPS) is 9.88. The predicted molar refractivity (Wildman–Crippen MR) is 90.7 cm³/mol. The van der Waals surface area contributed by atoms with Crippen molar-refractivity contribution in [3.8, 4) is 0 Å². The van der Waals surface area contributed by atoms with Crippen molar-refractivity contribution in [2.24, 2.45) is 0 Å². The molecule has 6 nitrogen and oxygen atoms in total. The molecule has 0 bridgehead atoms. The van der Waals surface area contributed by atoms with E-state index in [2.05, 4.69) is 15.4 Å². The number of anilines is 2. The van der Waals surface area contributed by atoms with Crippen LogP contribution in [-0.2, 0) is 14.3 Å². The maximum absolute atomic E-state index is 12.1. The van der Waals surface area contributed by atoms with Crippen LogP contribution in [0.4, 0.5) is 11.4 Å². The zero-order valence-electron chi connectivity index (χ0n) is 13.2. The first kappa shape index (κ1) is 17.2. The Morgan fingerprint density at radius 2 is 1.54 bits per heavy atom. The molecule has 0 atom stereocenters. The third kappa shape index (κ3) is 5.24. The number of carbonyl (C=O) groups is 3. The maximum Gasteiger partial charge on any atom is 0.306 e. The molecule has 0 aromatic heterocycles. The van der Waals surface area contributed by atoms with Crippen molar-refractivity contribution < 1.29 is 19.1 Å². The summed E-state index contributed by atoms with van der Waals surface area (Å²) in [5, 5.41) is 5.44. The summed E-state index contributed by atoms with van der Waals surface area (Å²) in [5.74, 6) is -0.967. The summed E-state index contributed by atoms with van der Waals surface area (Å²) >= 11 is 0. The number of hydrogen-bond acceptors (Lipinski definition) is 4. The monoisotopic (exact) mass is 326 g/mol. The van der Waals surface area contributed by atoms with Crippen LogP contribution in [0.25, 0.3) is 0 Å². The van der Waals surface area contributed by atoms with E-state index in [1.165, 1.54) is 7.11 Å². The average Bonchev–Trinajstić information content (AvgIpc) is 2.60. The number of benzene rings is 2. The lowest BCUT2D eigenvalue weighted by atomic mass is 10.2. The summed E-state index contributed by atoms with van der Waals surface area (Å²) in [6.45, 7) is 0. The topological polar surface area (TPSA) is 84.5 Å². The first-order valence-electron chi connectivity index (χ1n) is 7.41. The van der Waals surface area contributed by atoms with E-state index in [0.717, 1.165) is 0 Å². The van der Waals surface area contributed by atoms with Crippen LogP contribution in [0.5, 0.6) is 0 Å². The number of carbonyl (C=O) groups excluding carboxylic acids is 3. The number of rotatable bonds is 6. The zero-order valence-corrected chi connectivity index (χ0v) is 13.2. The molecule has 2 rings (SSSR count). The molecule has 0 unspecified atom stereocenters. The Morgan fingerprint density at radius 3 is 2.21 bits per heavy atom. The van der Waals surface area contributed by atoms with Gasteiger partial charge in [0.25, 0.3) is 5.91 Å². The van der Waals surface area contributed by atoms with Crippen molar-refractivity contribution in [3.63, 3.8) is 0 Å². The third-order valence-electron chi connectivity index (χ3n) is 3.22. The van der Waals surface area contributed by atoms with E-state index in [9.17, 15) is 14.4 Å². The van der Waals surface area contributed by atoms with Gasteiger partial charge in [-0.3, -0.25) is 14.4 Å². The summed E-state index contributed by atoms with van der Waals surface area (Å²) in [6.07, 6.45) is 0.0556. The quantitative estimate of drug-likeness (QED) is 0.800. The lowest BCUT2D eigenvalue weighted by molar-refractivity contribution is -0.141. The van der Waals surface area contributed by atoms with Crippen LogP contribution in [0.1, 0.15) is 23.2 Å². The highest BCUT2D eigenvalue weighted by atomic mass is 16.5. The van der Waals surface area contributed by atoms with Gasteiger partial charge in [0.1, 0.15) is 0 Å². The second-order valence-electron chi connectivity index (χ2n) is 5.03. The number of methoxy groups -OCH3 is 1. The lowest BCUT2D eigenvalue weighted by Crippen LogP contribution is -2.15. The Labute approximate surface area is 139 Å². The van der Waals surface area contributed by atoms with Gasteiger partial charge in [0.05, 0.1) is 13.5 Å². The van der Waals surface area contributed by atoms with E-state index in [-0.39, 0.29) is 24.7 Å². The number of esters is 1. The average molecular weight is 326 g/mol. The van der Waals surface area contributed by atoms with Gasteiger partial charge in [0, 0.05) is 23.4 Å². The van der Waals surface area contributed by atoms with Crippen molar-refractivity contribution in [3.05, 3.63) is 60.2 Å². The lowest BCUT2D eigenvalue weighted by Gasteiger charge is -2.09. The largest absolute Gasteiger partial charge is 0.469 e. The molecule has 0 spiro atoms. The standard InChI is InChI=1S/C18H18N2O4/c1-24-17(22)11-10-16(21)19-14-8-5-9-15(12-14)20-18(23)13-6-3-2-4-7-13/h2-9,12H,10-11H2,1H3,(H,19,21)(H,20,23). The molecule has 0 saturated heterocycles. The van der Waals surface area contributed by atoms with Gasteiger partial charge in [-0.2, -0.15) is 0 Å². The fourth-order valence-corrected chi connectivity index (χ4v) is 2.01. The van der Waals surface area contributed by atoms with Crippen LogP contribution < -0.4 is 10.6 Å². The Bertz CT molecular complexity index is 729. The summed E-state index contributed by atoms with van der Waals surface area (Å²) in [4.78, 5) is 34.9. The minimum atomic E-state index is -0.436. The molecular weight excluding hydrogens is 308 g/mol. The molecule has 0 aliphatic carbocycles. The van der Waals surface area contributed by atoms with Crippen LogP contribution in [0.15, 0.2) is 54.6 Å². The minimum Gasteiger partial charge on any atom is -0.469 e. The summed E-state index contributed by atoms with van der Waals surface area (Å²) in [6, 6.07) is 15.6. The van der Waals surface area contributed by atoms with Gasteiger partial charge in [-0.05, 0) is 30.3 Å². The van der Waals surface area contributed by atoms with Gasteiger partial charge >= 0.3 is 5.97 Å². The molecule has 2 amide bonds. The zero-order chi connectivity index (χ0) is 17.4. The smallest absolute Gasteiger partial charge is 0.306 e. The van der Waals surface area contributed by atoms with Crippen molar-refractivity contribution in [2.45, 2.75) is 12.8 Å². The van der Waals surface area contributed by atoms with E-state index in [4.69, 9.17) is 0 Å². The molecule has 0 saturated carbocycles. The minimum absolute atomic E-state index is 0.0206. The van der Waals surface area contributed by atoms with Crippen LogP contribution >= 0.6 is 0 Å². The van der Waals surface area contributed by atoms with E-state index in [1.807, 2.05) is 6.07 Å². The molecule has 2 aromatic rings. The van der Waals surface area contributed by atoms with Crippen LogP contribution in [0.3, 0.4) is 0 Å². The first-order valence-corrected chi connectivity index (χ1v) is 7.41. The second kappa shape index (κ2) is 8.47. The fraction of sp³-hybridized carbons (Fsp3) is 0.167. The highest BCUT2D eigenvalue weighted by Crippen LogP contribution is 2.16. The van der Waals surface area contributed by atoms with Crippen molar-refractivity contribution in [2.75, 3.05) is 17.7 Å². The van der Waals surface area contributed by atoms with Gasteiger partial charge in [-0.25, -0.2) is 0 Å². The van der Waals surface area contributed by atoms with Gasteiger partial charge < -0.3 is 15.4 Å². The molecule has 124 valence electrons. The molecule has 0 radical (unpaired) electrons. The molecule has 24 heavy (non-hydrogen) atoms. The van der Waals surface area contributed by atoms with Gasteiger partial charge in [-0.15, -0.1) is 0 Å². The van der Waals surface area contributed by atoms with E-state index in [1.54, 1.807) is 48.5 Å². The summed E-state index contributed by atoms with van der Waals surface area (Å²) < 4.78 is 4.49. The Morgan fingerprint density at radius 1 is 0.875 bits per heavy atom. The van der Waals surface area contributed by atoms with Crippen LogP contribution in [0, 0.1) is 0 Å². The maximum atomic E-state index is 12.1. The van der Waals surface area contributed by atoms with Gasteiger partial charge in [0.2, 0.25) is 5.91 Å². The highest BCUT2D eigenvalue weighted by Gasteiger charge is 2.09. The van der Waals surface area contributed by atoms with E-state index < -0.39 is 5.97 Å². The molecule has 0 aliphatic rings. The third-order valence-corrected chi connectivity index (χ3v) is 3.22. The van der Waals surface area contributed by atoms with Crippen LogP contribution in [0.2, 0.25) is 0 Å². The van der Waals surface area contributed by atoms with Crippen molar-refractivity contribution in [1.82, 2.24) is 0 Å². The van der Waals surface area contributed by atoms with Crippen molar-refractivity contribution >= 4 is 29.2 Å². The molecular formula is C18H18N2O4. The van der Waals surface area contributed by atoms with E-state index >= 15 is 0 Å². The SMILES string of the molecule is COC(=O)CCC(=O)Nc1cccc(NC(=O)c2ccccc2)c1. The Kier molecular flexibility index (Phi) is 6.08. The predicted octanol–water partition coefficient (Wildman–Crippen LogP) is 2.83. The number of amides is 2. The molecule has 2 N–H and O–H groups in total. The molecule has 2 aromatic carbocycles. The summed E-state index contributed by atoms with van der Waals surface area (Å²) in [7, 11) is 1.28. The number of ether oxygens (including phenoxy) is 1. The molecule has 6 heteroatoms.